The third-order valence-electron chi connectivity index (χ3n) is 3.41. The SMILES string of the molecule is Fc1ccc(Br)c(F)c1CNCC1CCCC1Cl. The Balaban J connectivity index is 1.92. The normalized spacial score (nSPS) is 23.6. The minimum atomic E-state index is -0.531. The molecule has 5 heteroatoms. The van der Waals surface area contributed by atoms with Crippen LogP contribution >= 0.6 is 27.5 Å². The van der Waals surface area contributed by atoms with Crippen LogP contribution in [0.3, 0.4) is 0 Å². The highest BCUT2D eigenvalue weighted by Crippen LogP contribution is 2.29. The summed E-state index contributed by atoms with van der Waals surface area (Å²) in [5.74, 6) is -0.640. The van der Waals surface area contributed by atoms with E-state index < -0.39 is 11.6 Å². The Bertz CT molecular complexity index is 428. The van der Waals surface area contributed by atoms with Gasteiger partial charge in [0.2, 0.25) is 0 Å². The molecule has 0 radical (unpaired) electrons. The molecule has 1 fully saturated rings. The van der Waals surface area contributed by atoms with Gasteiger partial charge in [-0.2, -0.15) is 0 Å². The molecule has 1 aliphatic rings. The van der Waals surface area contributed by atoms with Crippen LogP contribution in [0.15, 0.2) is 16.6 Å². The lowest BCUT2D eigenvalue weighted by Crippen LogP contribution is -2.26. The Morgan fingerprint density at radius 1 is 1.33 bits per heavy atom. The van der Waals surface area contributed by atoms with Gasteiger partial charge in [-0.3, -0.25) is 0 Å². The number of nitrogens with one attached hydrogen (secondary N) is 1. The summed E-state index contributed by atoms with van der Waals surface area (Å²) < 4.78 is 27.5. The molecule has 1 saturated carbocycles. The van der Waals surface area contributed by atoms with E-state index in [-0.39, 0.29) is 22.0 Å². The molecule has 0 bridgehead atoms. The minimum absolute atomic E-state index is 0.0773. The van der Waals surface area contributed by atoms with Crippen molar-refractivity contribution in [1.29, 1.82) is 0 Å². The van der Waals surface area contributed by atoms with Gasteiger partial charge in [-0.05, 0) is 53.4 Å². The fraction of sp³-hybridized carbons (Fsp3) is 0.538. The van der Waals surface area contributed by atoms with Crippen LogP contribution in [0.4, 0.5) is 8.78 Å². The number of hydrogen-bond acceptors (Lipinski definition) is 1. The lowest BCUT2D eigenvalue weighted by Gasteiger charge is -2.15. The predicted octanol–water partition coefficient (Wildman–Crippen LogP) is 4.22. The lowest BCUT2D eigenvalue weighted by molar-refractivity contribution is 0.474. The molecule has 1 N–H and O–H groups in total. The zero-order chi connectivity index (χ0) is 13.1. The third-order valence-corrected chi connectivity index (χ3v) is 4.60. The number of hydrogen-bond donors (Lipinski definition) is 1. The van der Waals surface area contributed by atoms with E-state index in [1.165, 1.54) is 12.1 Å². The number of alkyl halides is 1. The highest BCUT2D eigenvalue weighted by atomic mass is 79.9. The van der Waals surface area contributed by atoms with Gasteiger partial charge < -0.3 is 5.32 Å². The van der Waals surface area contributed by atoms with Crippen molar-refractivity contribution in [3.63, 3.8) is 0 Å². The van der Waals surface area contributed by atoms with Gasteiger partial charge in [-0.25, -0.2) is 8.78 Å². The van der Waals surface area contributed by atoms with Gasteiger partial charge in [-0.15, -0.1) is 11.6 Å². The van der Waals surface area contributed by atoms with Crippen molar-refractivity contribution < 1.29 is 8.78 Å². The van der Waals surface area contributed by atoms with Crippen molar-refractivity contribution in [1.82, 2.24) is 5.32 Å². The van der Waals surface area contributed by atoms with Crippen LogP contribution < -0.4 is 5.32 Å². The summed E-state index contributed by atoms with van der Waals surface area (Å²) in [4.78, 5) is 0. The maximum atomic E-state index is 13.7. The largest absolute Gasteiger partial charge is 0.312 e. The minimum Gasteiger partial charge on any atom is -0.312 e. The standard InChI is InChI=1S/C13H15BrClF2N/c14-10-4-5-12(16)9(13(10)17)7-18-6-8-2-1-3-11(8)15/h4-5,8,11,18H,1-3,6-7H2. The maximum Gasteiger partial charge on any atom is 0.144 e. The van der Waals surface area contributed by atoms with E-state index in [9.17, 15) is 8.78 Å². The van der Waals surface area contributed by atoms with Gasteiger partial charge in [0, 0.05) is 17.5 Å². The van der Waals surface area contributed by atoms with Gasteiger partial charge >= 0.3 is 0 Å². The molecule has 0 aliphatic heterocycles. The topological polar surface area (TPSA) is 12.0 Å². The Labute approximate surface area is 119 Å². The first-order valence-electron chi connectivity index (χ1n) is 6.06. The van der Waals surface area contributed by atoms with Crippen LogP contribution in [0.5, 0.6) is 0 Å². The fourth-order valence-corrected chi connectivity index (χ4v) is 3.08. The molecule has 2 unspecified atom stereocenters. The van der Waals surface area contributed by atoms with E-state index in [0.717, 1.165) is 19.3 Å². The smallest absolute Gasteiger partial charge is 0.144 e. The fourth-order valence-electron chi connectivity index (χ4n) is 2.34. The Kier molecular flexibility index (Phi) is 4.98. The molecule has 1 aliphatic carbocycles. The van der Waals surface area contributed by atoms with E-state index in [0.29, 0.717) is 12.5 Å². The average Bonchev–Trinajstić information content (AvgIpc) is 2.74. The van der Waals surface area contributed by atoms with Gasteiger partial charge in [0.1, 0.15) is 11.6 Å². The molecule has 1 aromatic carbocycles. The summed E-state index contributed by atoms with van der Waals surface area (Å²) in [7, 11) is 0. The molecule has 2 rings (SSSR count). The van der Waals surface area contributed by atoms with Crippen LogP contribution in [0.25, 0.3) is 0 Å². The van der Waals surface area contributed by atoms with Crippen LogP contribution in [0, 0.1) is 17.6 Å². The van der Waals surface area contributed by atoms with Crippen molar-refractivity contribution in [3.8, 4) is 0 Å². The van der Waals surface area contributed by atoms with Crippen molar-refractivity contribution in [2.24, 2.45) is 5.92 Å². The van der Waals surface area contributed by atoms with E-state index in [2.05, 4.69) is 21.2 Å². The van der Waals surface area contributed by atoms with E-state index >= 15 is 0 Å². The monoisotopic (exact) mass is 337 g/mol. The first-order chi connectivity index (χ1) is 8.59. The predicted molar refractivity (Wildman–Crippen MR) is 72.7 cm³/mol. The highest BCUT2D eigenvalue weighted by molar-refractivity contribution is 9.10. The van der Waals surface area contributed by atoms with Crippen molar-refractivity contribution in [2.75, 3.05) is 6.54 Å². The highest BCUT2D eigenvalue weighted by Gasteiger charge is 2.24. The molecule has 100 valence electrons. The van der Waals surface area contributed by atoms with Crippen LogP contribution in [0.1, 0.15) is 24.8 Å². The molecule has 1 nitrogen and oxygen atoms in total. The first kappa shape index (κ1) is 14.2. The molecule has 0 spiro atoms. The molecular weight excluding hydrogens is 324 g/mol. The van der Waals surface area contributed by atoms with Gasteiger partial charge in [-0.1, -0.05) is 6.42 Å². The molecule has 0 heterocycles. The quantitative estimate of drug-likeness (QED) is 0.640. The Hall–Kier alpha value is -0.190. The van der Waals surface area contributed by atoms with E-state index in [1.54, 1.807) is 0 Å². The van der Waals surface area contributed by atoms with Gasteiger partial charge in [0.05, 0.1) is 4.47 Å². The summed E-state index contributed by atoms with van der Waals surface area (Å²) >= 11 is 9.21. The second kappa shape index (κ2) is 6.31. The summed E-state index contributed by atoms with van der Waals surface area (Å²) in [6.07, 6.45) is 3.26. The first-order valence-corrected chi connectivity index (χ1v) is 7.29. The van der Waals surface area contributed by atoms with E-state index in [4.69, 9.17) is 11.6 Å². The van der Waals surface area contributed by atoms with Crippen molar-refractivity contribution in [2.45, 2.75) is 31.2 Å². The molecule has 1 aromatic rings. The number of benzene rings is 1. The average molecular weight is 339 g/mol. The second-order valence-electron chi connectivity index (χ2n) is 4.66. The zero-order valence-corrected chi connectivity index (χ0v) is 12.2. The summed E-state index contributed by atoms with van der Waals surface area (Å²) in [6, 6.07) is 2.64. The molecular formula is C13H15BrClF2N. The van der Waals surface area contributed by atoms with Crippen LogP contribution in [0.2, 0.25) is 0 Å². The molecule has 0 saturated heterocycles. The van der Waals surface area contributed by atoms with Crippen LogP contribution in [-0.2, 0) is 6.54 Å². The van der Waals surface area contributed by atoms with E-state index in [1.807, 2.05) is 0 Å². The summed E-state index contributed by atoms with van der Waals surface area (Å²) in [5.41, 5.74) is 0.0773. The molecule has 0 amide bonds. The molecule has 18 heavy (non-hydrogen) atoms. The zero-order valence-electron chi connectivity index (χ0n) is 9.86. The van der Waals surface area contributed by atoms with Gasteiger partial charge in [0.15, 0.2) is 0 Å². The Morgan fingerprint density at radius 3 is 2.78 bits per heavy atom. The summed E-state index contributed by atoms with van der Waals surface area (Å²) in [6.45, 7) is 0.900. The maximum absolute atomic E-state index is 13.7. The lowest BCUT2D eigenvalue weighted by atomic mass is 10.1. The van der Waals surface area contributed by atoms with Crippen molar-refractivity contribution in [3.05, 3.63) is 33.8 Å². The summed E-state index contributed by atoms with van der Waals surface area (Å²) in [5, 5.41) is 3.29. The molecule has 0 aromatic heterocycles. The number of rotatable bonds is 4. The molecule has 2 atom stereocenters. The van der Waals surface area contributed by atoms with Crippen molar-refractivity contribution >= 4 is 27.5 Å². The third kappa shape index (κ3) is 3.22. The second-order valence-corrected chi connectivity index (χ2v) is 6.07. The number of halogens is 4. The van der Waals surface area contributed by atoms with Crippen LogP contribution in [-0.4, -0.2) is 11.9 Å². The Morgan fingerprint density at radius 2 is 2.11 bits per heavy atom. The van der Waals surface area contributed by atoms with Gasteiger partial charge in [0.25, 0.3) is 0 Å².